The van der Waals surface area contributed by atoms with Gasteiger partial charge in [-0.15, -0.1) is 0 Å². The van der Waals surface area contributed by atoms with Crippen molar-refractivity contribution in [3.05, 3.63) is 24.0 Å². The Hall–Kier alpha value is -0.920. The number of hydrogen-bond acceptors (Lipinski definition) is 1. The first kappa shape index (κ1) is 7.19. The summed E-state index contributed by atoms with van der Waals surface area (Å²) in [4.78, 5) is 2.22. The van der Waals surface area contributed by atoms with Crippen LogP contribution in [-0.4, -0.2) is 25.0 Å². The second kappa shape index (κ2) is 3.30. The SMILES string of the molecule is CCN1CC=CC=C1[N]C. The highest BCUT2D eigenvalue weighted by Crippen LogP contribution is 2.05. The Kier molecular flexibility index (Phi) is 2.37. The number of hydrogen-bond donors (Lipinski definition) is 0. The molecule has 0 amide bonds. The minimum Gasteiger partial charge on any atom is -0.353 e. The first-order valence-corrected chi connectivity index (χ1v) is 3.60. The van der Waals surface area contributed by atoms with Gasteiger partial charge in [0, 0.05) is 20.1 Å². The third kappa shape index (κ3) is 1.32. The topological polar surface area (TPSA) is 17.3 Å². The van der Waals surface area contributed by atoms with Gasteiger partial charge >= 0.3 is 0 Å². The van der Waals surface area contributed by atoms with Gasteiger partial charge in [0.2, 0.25) is 0 Å². The van der Waals surface area contributed by atoms with Crippen molar-refractivity contribution in [3.63, 3.8) is 0 Å². The van der Waals surface area contributed by atoms with Crippen LogP contribution in [0, 0.1) is 0 Å². The lowest BCUT2D eigenvalue weighted by Gasteiger charge is -2.24. The van der Waals surface area contributed by atoms with Gasteiger partial charge in [0.25, 0.3) is 0 Å². The summed E-state index contributed by atoms with van der Waals surface area (Å²) in [7, 11) is 1.83. The Morgan fingerprint density at radius 1 is 1.70 bits per heavy atom. The molecule has 0 aromatic heterocycles. The summed E-state index contributed by atoms with van der Waals surface area (Å²) in [5, 5.41) is 4.14. The molecule has 1 radical (unpaired) electrons. The van der Waals surface area contributed by atoms with Crippen molar-refractivity contribution in [2.45, 2.75) is 6.92 Å². The van der Waals surface area contributed by atoms with Crippen LogP contribution in [0.4, 0.5) is 0 Å². The van der Waals surface area contributed by atoms with Crippen LogP contribution in [0.1, 0.15) is 6.92 Å². The lowest BCUT2D eigenvalue weighted by molar-refractivity contribution is 0.371. The van der Waals surface area contributed by atoms with E-state index in [2.05, 4.69) is 29.3 Å². The fourth-order valence-corrected chi connectivity index (χ4v) is 1.05. The van der Waals surface area contributed by atoms with Gasteiger partial charge in [0.1, 0.15) is 5.82 Å². The van der Waals surface area contributed by atoms with Crippen LogP contribution in [0.5, 0.6) is 0 Å². The van der Waals surface area contributed by atoms with Crippen molar-refractivity contribution >= 4 is 0 Å². The van der Waals surface area contributed by atoms with Gasteiger partial charge in [-0.25, -0.2) is 0 Å². The van der Waals surface area contributed by atoms with E-state index in [9.17, 15) is 0 Å². The first-order valence-electron chi connectivity index (χ1n) is 3.60. The molecule has 1 rings (SSSR count). The summed E-state index contributed by atoms with van der Waals surface area (Å²) in [5.41, 5.74) is 0. The Bertz CT molecular complexity index is 159. The quantitative estimate of drug-likeness (QED) is 0.554. The molecule has 0 bridgehead atoms. The second-order valence-electron chi connectivity index (χ2n) is 2.22. The average Bonchev–Trinajstić information content (AvgIpc) is 2.04. The number of allylic oxidation sites excluding steroid dienone is 2. The molecule has 0 aliphatic carbocycles. The fourth-order valence-electron chi connectivity index (χ4n) is 1.05. The number of likely N-dealkylation sites (N-methyl/N-ethyl adjacent to an activating group) is 1. The third-order valence-electron chi connectivity index (χ3n) is 1.64. The van der Waals surface area contributed by atoms with Gasteiger partial charge in [-0.05, 0) is 13.0 Å². The maximum absolute atomic E-state index is 4.14. The average molecular weight is 137 g/mol. The van der Waals surface area contributed by atoms with E-state index in [1.54, 1.807) is 0 Å². The molecule has 0 fully saturated rings. The molecule has 1 aliphatic heterocycles. The fraction of sp³-hybridized carbons (Fsp3) is 0.500. The Labute approximate surface area is 62.2 Å². The highest BCUT2D eigenvalue weighted by molar-refractivity contribution is 5.15. The predicted octanol–water partition coefficient (Wildman–Crippen LogP) is 0.954. The summed E-state index contributed by atoms with van der Waals surface area (Å²) in [6, 6.07) is 0. The zero-order valence-corrected chi connectivity index (χ0v) is 6.54. The van der Waals surface area contributed by atoms with E-state index < -0.39 is 0 Å². The van der Waals surface area contributed by atoms with E-state index in [4.69, 9.17) is 0 Å². The largest absolute Gasteiger partial charge is 0.353 e. The standard InChI is InChI=1S/C8H13N2/c1-3-10-7-5-4-6-8(10)9-2/h4-6H,3,7H2,1-2H3. The molecule has 0 aromatic rings. The van der Waals surface area contributed by atoms with Gasteiger partial charge in [-0.3, -0.25) is 5.32 Å². The van der Waals surface area contributed by atoms with Gasteiger partial charge in [-0.2, -0.15) is 0 Å². The van der Waals surface area contributed by atoms with Crippen LogP contribution in [0.2, 0.25) is 0 Å². The van der Waals surface area contributed by atoms with E-state index in [0.717, 1.165) is 18.9 Å². The predicted molar refractivity (Wildman–Crippen MR) is 42.5 cm³/mol. The summed E-state index contributed by atoms with van der Waals surface area (Å²) in [5.74, 6) is 1.09. The molecule has 55 valence electrons. The molecule has 0 atom stereocenters. The number of nitrogens with zero attached hydrogens (tertiary/aromatic N) is 2. The Morgan fingerprint density at radius 2 is 2.50 bits per heavy atom. The molecule has 0 N–H and O–H groups in total. The molecule has 1 aliphatic rings. The van der Waals surface area contributed by atoms with Crippen molar-refractivity contribution in [3.8, 4) is 0 Å². The normalized spacial score (nSPS) is 17.0. The molecule has 0 saturated heterocycles. The van der Waals surface area contributed by atoms with E-state index in [-0.39, 0.29) is 0 Å². The van der Waals surface area contributed by atoms with E-state index in [1.807, 2.05) is 13.1 Å². The molecule has 1 heterocycles. The maximum Gasteiger partial charge on any atom is 0.123 e. The minimum absolute atomic E-state index is 1.000. The van der Waals surface area contributed by atoms with Crippen LogP contribution in [-0.2, 0) is 0 Å². The third-order valence-corrected chi connectivity index (χ3v) is 1.64. The smallest absolute Gasteiger partial charge is 0.123 e. The van der Waals surface area contributed by atoms with Crippen LogP contribution in [0.25, 0.3) is 0 Å². The van der Waals surface area contributed by atoms with Crippen molar-refractivity contribution in [1.82, 2.24) is 10.2 Å². The molecular formula is C8H13N2. The van der Waals surface area contributed by atoms with Gasteiger partial charge in [0.15, 0.2) is 0 Å². The van der Waals surface area contributed by atoms with E-state index in [1.165, 1.54) is 0 Å². The molecule has 0 saturated carbocycles. The number of rotatable bonds is 2. The lowest BCUT2D eigenvalue weighted by Crippen LogP contribution is -2.28. The van der Waals surface area contributed by atoms with Crippen molar-refractivity contribution in [2.75, 3.05) is 20.1 Å². The maximum atomic E-state index is 4.14. The molecule has 0 spiro atoms. The van der Waals surface area contributed by atoms with Gasteiger partial charge in [-0.1, -0.05) is 12.2 Å². The zero-order valence-electron chi connectivity index (χ0n) is 6.54. The Balaban J connectivity index is 2.61. The second-order valence-corrected chi connectivity index (χ2v) is 2.22. The highest BCUT2D eigenvalue weighted by Gasteiger charge is 2.05. The molecule has 2 nitrogen and oxygen atoms in total. The van der Waals surface area contributed by atoms with Crippen molar-refractivity contribution < 1.29 is 0 Å². The molecule has 0 unspecified atom stereocenters. The monoisotopic (exact) mass is 137 g/mol. The minimum atomic E-state index is 1.000. The summed E-state index contributed by atoms with van der Waals surface area (Å²) in [6.07, 6.45) is 6.22. The molecule has 0 aromatic carbocycles. The van der Waals surface area contributed by atoms with Crippen LogP contribution in [0.3, 0.4) is 0 Å². The van der Waals surface area contributed by atoms with Crippen LogP contribution in [0.15, 0.2) is 24.0 Å². The van der Waals surface area contributed by atoms with E-state index >= 15 is 0 Å². The highest BCUT2D eigenvalue weighted by atomic mass is 15.2. The van der Waals surface area contributed by atoms with Crippen molar-refractivity contribution in [2.24, 2.45) is 0 Å². The lowest BCUT2D eigenvalue weighted by atomic mass is 10.3. The van der Waals surface area contributed by atoms with Crippen LogP contribution >= 0.6 is 0 Å². The molecular weight excluding hydrogens is 124 g/mol. The van der Waals surface area contributed by atoms with E-state index in [0.29, 0.717) is 0 Å². The van der Waals surface area contributed by atoms with Crippen LogP contribution < -0.4 is 5.32 Å². The molecule has 10 heavy (non-hydrogen) atoms. The van der Waals surface area contributed by atoms with Crippen molar-refractivity contribution in [1.29, 1.82) is 0 Å². The Morgan fingerprint density at radius 3 is 3.00 bits per heavy atom. The first-order chi connectivity index (χ1) is 4.88. The summed E-state index contributed by atoms with van der Waals surface area (Å²) >= 11 is 0. The van der Waals surface area contributed by atoms with Gasteiger partial charge < -0.3 is 4.90 Å². The summed E-state index contributed by atoms with van der Waals surface area (Å²) in [6.45, 7) is 4.17. The summed E-state index contributed by atoms with van der Waals surface area (Å²) < 4.78 is 0. The zero-order chi connectivity index (χ0) is 7.40. The molecule has 2 heteroatoms. The van der Waals surface area contributed by atoms with Gasteiger partial charge in [0.05, 0.1) is 0 Å².